The van der Waals surface area contributed by atoms with Crippen LogP contribution in [-0.4, -0.2) is 26.1 Å². The van der Waals surface area contributed by atoms with Crippen molar-refractivity contribution in [3.8, 4) is 0 Å². The third-order valence-corrected chi connectivity index (χ3v) is 3.29. The predicted octanol–water partition coefficient (Wildman–Crippen LogP) is 1.42. The van der Waals surface area contributed by atoms with Gasteiger partial charge in [-0.15, -0.1) is 0 Å². The third-order valence-electron chi connectivity index (χ3n) is 1.82. The molecule has 6 heteroatoms. The van der Waals surface area contributed by atoms with Gasteiger partial charge in [-0.3, -0.25) is 0 Å². The van der Waals surface area contributed by atoms with Gasteiger partial charge in [0, 0.05) is 0 Å². The van der Waals surface area contributed by atoms with Crippen LogP contribution in [-0.2, 0) is 19.4 Å². The van der Waals surface area contributed by atoms with Crippen molar-refractivity contribution in [1.82, 2.24) is 0 Å². The molecule has 0 radical (unpaired) electrons. The maximum atomic E-state index is 11.7. The average Bonchev–Trinajstić information content (AvgIpc) is 2.30. The van der Waals surface area contributed by atoms with Gasteiger partial charge in [0.25, 0.3) is 0 Å². The Morgan fingerprint density at radius 2 is 1.94 bits per heavy atom. The highest BCUT2D eigenvalue weighted by molar-refractivity contribution is 7.94. The number of aliphatic hydroxyl groups excluding tert-OH is 1. The maximum absolute atomic E-state index is 11.7. The van der Waals surface area contributed by atoms with E-state index in [4.69, 9.17) is 0 Å². The molecule has 1 aromatic rings. The molecule has 5 nitrogen and oxygen atoms in total. The Morgan fingerprint density at radius 3 is 2.47 bits per heavy atom. The number of rotatable bonds is 4. The molecule has 1 rings (SSSR count). The second-order valence-corrected chi connectivity index (χ2v) is 4.88. The molecule has 0 saturated heterocycles. The lowest BCUT2D eigenvalue weighted by molar-refractivity contribution is -0.141. The van der Waals surface area contributed by atoms with E-state index in [1.165, 1.54) is 12.1 Å². The molecular weight excluding hydrogens is 244 g/mol. The zero-order valence-electron chi connectivity index (χ0n) is 9.16. The molecule has 0 bridgehead atoms. The zero-order chi connectivity index (χ0) is 12.9. The van der Waals surface area contributed by atoms with E-state index in [0.29, 0.717) is 5.41 Å². The molecule has 17 heavy (non-hydrogen) atoms. The molecule has 0 aliphatic carbocycles. The zero-order valence-corrected chi connectivity index (χ0v) is 9.98. The molecule has 0 aliphatic rings. The third kappa shape index (κ3) is 3.60. The monoisotopic (exact) mass is 256 g/mol. The lowest BCUT2D eigenvalue weighted by Crippen LogP contribution is -2.09. The lowest BCUT2D eigenvalue weighted by Gasteiger charge is -2.01. The van der Waals surface area contributed by atoms with Gasteiger partial charge in [0.05, 0.1) is 16.9 Å². The molecular formula is C11H12O5S. The lowest BCUT2D eigenvalue weighted by atomic mass is 10.4. The van der Waals surface area contributed by atoms with Gasteiger partial charge in [-0.2, -0.15) is 0 Å². The molecule has 1 N–H and O–H groups in total. The first kappa shape index (κ1) is 13.2. The molecule has 0 spiro atoms. The minimum Gasteiger partial charge on any atom is -0.501 e. The van der Waals surface area contributed by atoms with Crippen LogP contribution >= 0.6 is 0 Å². The predicted molar refractivity (Wildman–Crippen MR) is 61.0 cm³/mol. The molecule has 0 fully saturated rings. The first-order valence-electron chi connectivity index (χ1n) is 4.85. The largest absolute Gasteiger partial charge is 0.501 e. The van der Waals surface area contributed by atoms with E-state index in [1.54, 1.807) is 25.1 Å². The molecule has 0 heterocycles. The highest BCUT2D eigenvalue weighted by atomic mass is 32.2. The number of sulfone groups is 1. The number of benzene rings is 1. The van der Waals surface area contributed by atoms with E-state index in [9.17, 15) is 18.3 Å². The summed E-state index contributed by atoms with van der Waals surface area (Å²) in [5.41, 5.74) is 0. The van der Waals surface area contributed by atoms with Gasteiger partial charge >= 0.3 is 5.97 Å². The Hall–Kier alpha value is -1.82. The van der Waals surface area contributed by atoms with Crippen LogP contribution in [0.15, 0.2) is 46.4 Å². The Bertz CT molecular complexity index is 516. The number of ether oxygens (including phenoxy) is 1. The highest BCUT2D eigenvalue weighted by Gasteiger charge is 2.16. The summed E-state index contributed by atoms with van der Waals surface area (Å²) in [7, 11) is -3.84. The Labute approximate surface area is 99.3 Å². The Kier molecular flexibility index (Phi) is 4.28. The van der Waals surface area contributed by atoms with Crippen LogP contribution in [0.3, 0.4) is 0 Å². The number of carbonyl (C=O) groups excluding carboxylic acids is 1. The summed E-state index contributed by atoms with van der Waals surface area (Å²) in [4.78, 5) is 11.0. The minimum atomic E-state index is -3.84. The van der Waals surface area contributed by atoms with Crippen LogP contribution in [0.1, 0.15) is 6.92 Å². The summed E-state index contributed by atoms with van der Waals surface area (Å²) in [6.45, 7) is 1.61. The van der Waals surface area contributed by atoms with Crippen LogP contribution in [0, 0.1) is 0 Å². The number of hydrogen-bond acceptors (Lipinski definition) is 5. The van der Waals surface area contributed by atoms with Gasteiger partial charge in [0.1, 0.15) is 0 Å². The summed E-state index contributed by atoms with van der Waals surface area (Å²) in [6.07, 6.45) is 0. The van der Waals surface area contributed by atoms with Crippen LogP contribution in [0.2, 0.25) is 0 Å². The molecule has 0 unspecified atom stereocenters. The summed E-state index contributed by atoms with van der Waals surface area (Å²) in [5.74, 6) is -2.00. The van der Waals surface area contributed by atoms with Gasteiger partial charge in [0.15, 0.2) is 0 Å². The van der Waals surface area contributed by atoms with Crippen molar-refractivity contribution in [2.75, 3.05) is 6.61 Å². The van der Waals surface area contributed by atoms with Crippen molar-refractivity contribution in [2.24, 2.45) is 0 Å². The van der Waals surface area contributed by atoms with E-state index in [2.05, 4.69) is 4.74 Å². The van der Waals surface area contributed by atoms with Crippen molar-refractivity contribution in [3.05, 3.63) is 41.5 Å². The first-order valence-corrected chi connectivity index (χ1v) is 6.40. The summed E-state index contributed by atoms with van der Waals surface area (Å²) < 4.78 is 27.9. The second-order valence-electron chi connectivity index (χ2n) is 3.08. The average molecular weight is 256 g/mol. The molecule has 0 aromatic heterocycles. The normalized spacial score (nSPS) is 12.2. The topological polar surface area (TPSA) is 80.7 Å². The van der Waals surface area contributed by atoms with E-state index >= 15 is 0 Å². The van der Waals surface area contributed by atoms with Crippen LogP contribution in [0.25, 0.3) is 0 Å². The number of esters is 1. The molecule has 0 atom stereocenters. The minimum absolute atomic E-state index is 0.00384. The van der Waals surface area contributed by atoms with Crippen LogP contribution in [0.4, 0.5) is 0 Å². The Morgan fingerprint density at radius 1 is 1.35 bits per heavy atom. The van der Waals surface area contributed by atoms with Gasteiger partial charge in [-0.1, -0.05) is 18.2 Å². The second kappa shape index (κ2) is 5.49. The van der Waals surface area contributed by atoms with E-state index in [-0.39, 0.29) is 11.5 Å². The summed E-state index contributed by atoms with van der Waals surface area (Å²) >= 11 is 0. The fraction of sp³-hybridized carbons (Fsp3) is 0.182. The maximum Gasteiger partial charge on any atom is 0.374 e. The number of aliphatic hydroxyl groups is 1. The van der Waals surface area contributed by atoms with Crippen molar-refractivity contribution in [3.63, 3.8) is 0 Å². The van der Waals surface area contributed by atoms with E-state index in [0.717, 1.165) is 0 Å². The molecule has 92 valence electrons. The summed E-state index contributed by atoms with van der Waals surface area (Å²) in [5, 5.41) is 9.74. The van der Waals surface area contributed by atoms with Crippen LogP contribution < -0.4 is 0 Å². The molecule has 0 aliphatic heterocycles. The number of carbonyl (C=O) groups is 1. The molecule has 1 aromatic carbocycles. The van der Waals surface area contributed by atoms with Gasteiger partial charge in [0.2, 0.25) is 15.6 Å². The standard InChI is InChI=1S/C11H12O5S/c1-2-16-11(13)10(12)8-17(14,15)9-6-4-3-5-7-9/h3-8,12H,2H2,1H3. The van der Waals surface area contributed by atoms with Crippen molar-refractivity contribution >= 4 is 15.8 Å². The molecule has 0 amide bonds. The smallest absolute Gasteiger partial charge is 0.374 e. The van der Waals surface area contributed by atoms with Crippen LogP contribution in [0.5, 0.6) is 0 Å². The fourth-order valence-electron chi connectivity index (χ4n) is 1.08. The van der Waals surface area contributed by atoms with Gasteiger partial charge < -0.3 is 9.84 Å². The van der Waals surface area contributed by atoms with Crippen molar-refractivity contribution in [1.29, 1.82) is 0 Å². The van der Waals surface area contributed by atoms with Gasteiger partial charge in [-0.25, -0.2) is 13.2 Å². The fourth-order valence-corrected chi connectivity index (χ4v) is 2.14. The first-order chi connectivity index (χ1) is 7.97. The quantitative estimate of drug-likeness (QED) is 0.500. The molecule has 0 saturated carbocycles. The SMILES string of the molecule is CCOC(=O)C(O)=CS(=O)(=O)c1ccccc1. The van der Waals surface area contributed by atoms with Crippen molar-refractivity contribution < 1.29 is 23.1 Å². The van der Waals surface area contributed by atoms with E-state index in [1.807, 2.05) is 0 Å². The Balaban J connectivity index is 3.02. The van der Waals surface area contributed by atoms with Gasteiger partial charge in [-0.05, 0) is 19.1 Å². The summed E-state index contributed by atoms with van der Waals surface area (Å²) in [6, 6.07) is 7.48. The van der Waals surface area contributed by atoms with E-state index < -0.39 is 21.6 Å². The van der Waals surface area contributed by atoms with Crippen molar-refractivity contribution in [2.45, 2.75) is 11.8 Å². The number of hydrogen-bond donors (Lipinski definition) is 1. The highest BCUT2D eigenvalue weighted by Crippen LogP contribution is 2.13.